The minimum atomic E-state index is -0.223. The zero-order chi connectivity index (χ0) is 21.3. The molecule has 0 unspecified atom stereocenters. The summed E-state index contributed by atoms with van der Waals surface area (Å²) in [6.07, 6.45) is 1.89. The highest BCUT2D eigenvalue weighted by Crippen LogP contribution is 2.35. The molecule has 1 fully saturated rings. The largest absolute Gasteiger partial charge is 0.505 e. The van der Waals surface area contributed by atoms with E-state index in [9.17, 15) is 14.7 Å². The van der Waals surface area contributed by atoms with Gasteiger partial charge in [-0.2, -0.15) is 9.67 Å². The summed E-state index contributed by atoms with van der Waals surface area (Å²) in [5, 5.41) is 14.2. The Labute approximate surface area is 182 Å². The van der Waals surface area contributed by atoms with Crippen LogP contribution in [0, 0.1) is 5.92 Å². The van der Waals surface area contributed by atoms with Gasteiger partial charge in [-0.3, -0.25) is 9.59 Å². The first-order valence-electron chi connectivity index (χ1n) is 9.42. The molecule has 3 aromatic rings. The van der Waals surface area contributed by atoms with Gasteiger partial charge in [0.15, 0.2) is 17.8 Å². The number of aromatic hydroxyl groups is 1. The number of halogens is 2. The maximum absolute atomic E-state index is 12.7. The van der Waals surface area contributed by atoms with Crippen molar-refractivity contribution < 1.29 is 14.7 Å². The Kier molecular flexibility index (Phi) is 5.74. The number of rotatable bonds is 5. The number of ketones is 1. The average Bonchev–Trinajstić information content (AvgIpc) is 3.22. The second kappa shape index (κ2) is 8.45. The second-order valence-electron chi connectivity index (χ2n) is 7.05. The molecule has 4 rings (SSSR count). The Hall–Kier alpha value is -2.90. The summed E-state index contributed by atoms with van der Waals surface area (Å²) >= 11 is 12.1. The van der Waals surface area contributed by atoms with E-state index >= 15 is 0 Å². The molecule has 0 amide bonds. The molecule has 0 aliphatic carbocycles. The van der Waals surface area contributed by atoms with Crippen LogP contribution in [0.4, 0.5) is 5.95 Å². The minimum Gasteiger partial charge on any atom is -0.505 e. The lowest BCUT2D eigenvalue weighted by atomic mass is 9.89. The zero-order valence-electron chi connectivity index (χ0n) is 15.8. The van der Waals surface area contributed by atoms with Crippen molar-refractivity contribution in [2.75, 3.05) is 18.0 Å². The maximum atomic E-state index is 12.7. The van der Waals surface area contributed by atoms with Gasteiger partial charge in [0.1, 0.15) is 0 Å². The Morgan fingerprint density at radius 1 is 1.10 bits per heavy atom. The molecule has 9 heteroatoms. The van der Waals surface area contributed by atoms with Crippen LogP contribution in [0.25, 0.3) is 5.69 Å². The van der Waals surface area contributed by atoms with Crippen LogP contribution in [0.1, 0.15) is 33.8 Å². The molecular weight excluding hydrogens is 427 g/mol. The quantitative estimate of drug-likeness (QED) is 0.468. The van der Waals surface area contributed by atoms with E-state index in [1.54, 1.807) is 0 Å². The summed E-state index contributed by atoms with van der Waals surface area (Å²) in [6, 6.07) is 12.3. The van der Waals surface area contributed by atoms with Crippen LogP contribution < -0.4 is 4.90 Å². The van der Waals surface area contributed by atoms with E-state index in [0.29, 0.717) is 43.9 Å². The van der Waals surface area contributed by atoms with Gasteiger partial charge in [0.2, 0.25) is 11.8 Å². The molecule has 0 radical (unpaired) electrons. The number of aromatic nitrogens is 3. The monoisotopic (exact) mass is 444 g/mol. The van der Waals surface area contributed by atoms with Crippen molar-refractivity contribution in [2.45, 2.75) is 12.8 Å². The van der Waals surface area contributed by atoms with Crippen LogP contribution in [0.2, 0.25) is 10.0 Å². The van der Waals surface area contributed by atoms with Crippen molar-refractivity contribution in [3.8, 4) is 11.4 Å². The Bertz CT molecular complexity index is 1070. The van der Waals surface area contributed by atoms with E-state index < -0.39 is 0 Å². The number of carbonyl (C=O) groups excluding carboxylic acids is 2. The maximum Gasteiger partial charge on any atom is 0.229 e. The molecule has 2 aromatic carbocycles. The van der Waals surface area contributed by atoms with Crippen LogP contribution in [0.5, 0.6) is 5.75 Å². The van der Waals surface area contributed by atoms with E-state index in [1.165, 1.54) is 16.8 Å². The summed E-state index contributed by atoms with van der Waals surface area (Å²) in [7, 11) is 0. The van der Waals surface area contributed by atoms with Crippen LogP contribution >= 0.6 is 23.2 Å². The predicted molar refractivity (Wildman–Crippen MR) is 114 cm³/mol. The molecule has 30 heavy (non-hydrogen) atoms. The fourth-order valence-electron chi connectivity index (χ4n) is 3.60. The molecule has 154 valence electrons. The number of piperidine rings is 1. The molecule has 1 saturated heterocycles. The molecule has 2 heterocycles. The summed E-state index contributed by atoms with van der Waals surface area (Å²) in [5.41, 5.74) is 1.19. The first-order chi connectivity index (χ1) is 14.5. The van der Waals surface area contributed by atoms with E-state index in [0.717, 1.165) is 5.56 Å². The molecule has 1 aliphatic rings. The van der Waals surface area contributed by atoms with Crippen LogP contribution in [-0.4, -0.2) is 45.0 Å². The smallest absolute Gasteiger partial charge is 0.229 e. The Morgan fingerprint density at radius 2 is 1.73 bits per heavy atom. The van der Waals surface area contributed by atoms with Gasteiger partial charge in [-0.05, 0) is 25.0 Å². The highest BCUT2D eigenvalue weighted by Gasteiger charge is 2.29. The molecular formula is C21H18Cl2N4O3. The van der Waals surface area contributed by atoms with Crippen molar-refractivity contribution in [3.05, 3.63) is 63.9 Å². The van der Waals surface area contributed by atoms with E-state index in [4.69, 9.17) is 23.2 Å². The van der Waals surface area contributed by atoms with Gasteiger partial charge in [0.25, 0.3) is 0 Å². The molecule has 0 bridgehead atoms. The topological polar surface area (TPSA) is 88.3 Å². The number of phenolic OH excluding ortho intramolecular Hbond substituents is 1. The number of benzene rings is 2. The van der Waals surface area contributed by atoms with E-state index in [2.05, 4.69) is 10.1 Å². The number of hydrogen-bond donors (Lipinski definition) is 1. The average molecular weight is 445 g/mol. The molecule has 0 spiro atoms. The number of hydrogen-bond acceptors (Lipinski definition) is 6. The highest BCUT2D eigenvalue weighted by molar-refractivity contribution is 6.37. The van der Waals surface area contributed by atoms with E-state index in [1.807, 2.05) is 35.2 Å². The van der Waals surface area contributed by atoms with Gasteiger partial charge >= 0.3 is 0 Å². The number of carbonyl (C=O) groups is 2. The fourth-order valence-corrected chi connectivity index (χ4v) is 4.08. The van der Waals surface area contributed by atoms with Crippen molar-refractivity contribution in [1.29, 1.82) is 0 Å². The van der Waals surface area contributed by atoms with Gasteiger partial charge in [-0.25, -0.2) is 0 Å². The van der Waals surface area contributed by atoms with Crippen molar-refractivity contribution in [2.24, 2.45) is 5.92 Å². The first kappa shape index (κ1) is 20.4. The summed E-state index contributed by atoms with van der Waals surface area (Å²) < 4.78 is 1.47. The third-order valence-corrected chi connectivity index (χ3v) is 5.74. The number of aldehydes is 1. The third kappa shape index (κ3) is 3.91. The van der Waals surface area contributed by atoms with Gasteiger partial charge < -0.3 is 10.0 Å². The highest BCUT2D eigenvalue weighted by atomic mass is 35.5. The summed E-state index contributed by atoms with van der Waals surface area (Å²) in [6.45, 7) is 1.17. The van der Waals surface area contributed by atoms with Crippen molar-refractivity contribution in [3.63, 3.8) is 0 Å². The van der Waals surface area contributed by atoms with Gasteiger partial charge in [0, 0.05) is 24.6 Å². The number of nitrogens with zero attached hydrogens (tertiary/aromatic N) is 4. The lowest BCUT2D eigenvalue weighted by molar-refractivity contribution is 0.0900. The normalized spacial score (nSPS) is 14.7. The predicted octanol–water partition coefficient (Wildman–Crippen LogP) is 4.19. The minimum absolute atomic E-state index is 0.0211. The van der Waals surface area contributed by atoms with Crippen LogP contribution in [0.3, 0.4) is 0 Å². The first-order valence-corrected chi connectivity index (χ1v) is 10.2. The number of Topliss-reactive ketones (excluding diaryl/α,β-unsaturated/α-hetero) is 1. The SMILES string of the molecule is O=Cc1nc(N2CCC(C(=O)c3ccccc3)CC2)n(-c2cc(Cl)c(O)c(Cl)c2)n1. The lowest BCUT2D eigenvalue weighted by Crippen LogP contribution is -2.37. The molecule has 1 N–H and O–H groups in total. The second-order valence-corrected chi connectivity index (χ2v) is 7.86. The number of phenols is 1. The molecule has 1 aromatic heterocycles. The lowest BCUT2D eigenvalue weighted by Gasteiger charge is -2.31. The van der Waals surface area contributed by atoms with Gasteiger partial charge in [-0.1, -0.05) is 53.5 Å². The zero-order valence-corrected chi connectivity index (χ0v) is 17.3. The summed E-state index contributed by atoms with van der Waals surface area (Å²) in [5.74, 6) is 0.332. The van der Waals surface area contributed by atoms with Crippen LogP contribution in [0.15, 0.2) is 42.5 Å². The summed E-state index contributed by atoms with van der Waals surface area (Å²) in [4.78, 5) is 30.3. The standard InChI is InChI=1S/C21H18Cl2N4O3/c22-16-10-15(11-17(23)20(16)30)27-21(24-18(12-28)25-27)26-8-6-14(7-9-26)19(29)13-4-2-1-3-5-13/h1-5,10-12,14,30H,6-9H2. The Balaban J connectivity index is 1.58. The van der Waals surface area contributed by atoms with E-state index in [-0.39, 0.29) is 33.3 Å². The van der Waals surface area contributed by atoms with Gasteiger partial charge in [-0.15, -0.1) is 5.10 Å². The fraction of sp³-hybridized carbons (Fsp3) is 0.238. The van der Waals surface area contributed by atoms with Crippen molar-refractivity contribution in [1.82, 2.24) is 14.8 Å². The Morgan fingerprint density at radius 3 is 2.33 bits per heavy atom. The van der Waals surface area contributed by atoms with Gasteiger partial charge in [0.05, 0.1) is 15.7 Å². The van der Waals surface area contributed by atoms with Crippen molar-refractivity contribution >= 4 is 41.2 Å². The molecule has 0 saturated carbocycles. The molecule has 0 atom stereocenters. The molecule has 7 nitrogen and oxygen atoms in total. The van der Waals surface area contributed by atoms with Crippen LogP contribution in [-0.2, 0) is 0 Å². The number of anilines is 1. The molecule has 1 aliphatic heterocycles. The third-order valence-electron chi connectivity index (χ3n) is 5.16.